The van der Waals surface area contributed by atoms with Crippen molar-refractivity contribution in [3.8, 4) is 26.6 Å². The number of unbranched alkanes of at least 4 members (excludes halogenated alkanes) is 1. The van der Waals surface area contributed by atoms with Gasteiger partial charge < -0.3 is 9.84 Å². The Morgan fingerprint density at radius 3 is 2.24 bits per heavy atom. The van der Waals surface area contributed by atoms with Crippen molar-refractivity contribution in [1.82, 2.24) is 0 Å². The van der Waals surface area contributed by atoms with Crippen molar-refractivity contribution in [1.29, 1.82) is 0 Å². The average Bonchev–Trinajstić information content (AvgIpc) is 3.48. The molecule has 0 bridgehead atoms. The van der Waals surface area contributed by atoms with Gasteiger partial charge in [0.15, 0.2) is 0 Å². The van der Waals surface area contributed by atoms with Crippen LogP contribution in [0.4, 0.5) is 0 Å². The van der Waals surface area contributed by atoms with Gasteiger partial charge in [0, 0.05) is 30.6 Å². The van der Waals surface area contributed by atoms with Crippen LogP contribution < -0.4 is 4.74 Å². The fourth-order valence-corrected chi connectivity index (χ4v) is 6.08. The number of rotatable bonds is 11. The van der Waals surface area contributed by atoms with E-state index in [9.17, 15) is 5.11 Å². The van der Waals surface area contributed by atoms with Crippen LogP contribution in [0.25, 0.3) is 20.9 Å². The molecule has 180 valence electrons. The van der Waals surface area contributed by atoms with Crippen LogP contribution in [0.15, 0.2) is 36.4 Å². The van der Waals surface area contributed by atoms with Gasteiger partial charge in [-0.25, -0.2) is 0 Å². The Labute approximate surface area is 208 Å². The summed E-state index contributed by atoms with van der Waals surface area (Å²) in [6.45, 7) is 14.2. The molecule has 1 aromatic carbocycles. The van der Waals surface area contributed by atoms with E-state index in [4.69, 9.17) is 4.74 Å². The molecule has 0 saturated heterocycles. The molecule has 0 radical (unpaired) electrons. The first-order valence-electron chi connectivity index (χ1n) is 12.4. The van der Waals surface area contributed by atoms with Gasteiger partial charge in [0.1, 0.15) is 5.75 Å². The topological polar surface area (TPSA) is 29.5 Å². The second kappa shape index (κ2) is 11.7. The van der Waals surface area contributed by atoms with E-state index in [1.54, 1.807) is 0 Å². The smallest absolute Gasteiger partial charge is 0.128 e. The largest absolute Gasteiger partial charge is 0.493 e. The molecule has 0 amide bonds. The molecule has 2 aromatic heterocycles. The minimum Gasteiger partial charge on any atom is -0.493 e. The van der Waals surface area contributed by atoms with Gasteiger partial charge in [0.05, 0.1) is 13.2 Å². The number of aliphatic hydroxyl groups excluding tert-OH is 1. The van der Waals surface area contributed by atoms with E-state index >= 15 is 0 Å². The molecule has 3 aromatic rings. The van der Waals surface area contributed by atoms with Crippen molar-refractivity contribution < 1.29 is 9.84 Å². The Morgan fingerprint density at radius 2 is 1.67 bits per heavy atom. The molecule has 2 heterocycles. The lowest BCUT2D eigenvalue weighted by Gasteiger charge is -2.19. The zero-order valence-electron chi connectivity index (χ0n) is 21.2. The summed E-state index contributed by atoms with van der Waals surface area (Å²) < 4.78 is 6.55. The molecule has 2 nitrogen and oxygen atoms in total. The molecule has 0 fully saturated rings. The van der Waals surface area contributed by atoms with Crippen LogP contribution in [-0.4, -0.2) is 11.7 Å². The molecule has 0 aliphatic heterocycles. The molecule has 0 aliphatic carbocycles. The third kappa shape index (κ3) is 6.49. The van der Waals surface area contributed by atoms with Crippen molar-refractivity contribution in [3.05, 3.63) is 51.7 Å². The normalized spacial score (nSPS) is 12.8. The summed E-state index contributed by atoms with van der Waals surface area (Å²) in [6.07, 6.45) is 5.85. The molecular formula is C29H40O2S2. The molecule has 0 spiro atoms. The molecule has 0 aliphatic rings. The number of hydrogen-bond donors (Lipinski definition) is 1. The van der Waals surface area contributed by atoms with E-state index in [1.165, 1.54) is 38.8 Å². The van der Waals surface area contributed by atoms with Gasteiger partial charge in [0.25, 0.3) is 0 Å². The van der Waals surface area contributed by atoms with Gasteiger partial charge in [-0.2, -0.15) is 0 Å². The van der Waals surface area contributed by atoms with Crippen molar-refractivity contribution in [3.63, 3.8) is 0 Å². The molecule has 3 rings (SSSR count). The highest BCUT2D eigenvalue weighted by Gasteiger charge is 2.20. The van der Waals surface area contributed by atoms with Crippen LogP contribution in [0.5, 0.6) is 5.75 Å². The van der Waals surface area contributed by atoms with Gasteiger partial charge >= 0.3 is 0 Å². The zero-order valence-corrected chi connectivity index (χ0v) is 22.8. The molecule has 1 unspecified atom stereocenters. The monoisotopic (exact) mass is 484 g/mol. The summed E-state index contributed by atoms with van der Waals surface area (Å²) in [5.74, 6) is 1.51. The number of benzene rings is 1. The Morgan fingerprint density at radius 1 is 0.939 bits per heavy atom. The lowest BCUT2D eigenvalue weighted by molar-refractivity contribution is 0.234. The first kappa shape index (κ1) is 26.0. The van der Waals surface area contributed by atoms with E-state index in [1.807, 2.05) is 22.7 Å². The number of aliphatic hydroxyl groups is 1. The van der Waals surface area contributed by atoms with E-state index in [2.05, 4.69) is 77.9 Å². The minimum atomic E-state index is 0.0193. The Hall–Kier alpha value is -1.62. The maximum Gasteiger partial charge on any atom is 0.128 e. The van der Waals surface area contributed by atoms with E-state index < -0.39 is 0 Å². The summed E-state index contributed by atoms with van der Waals surface area (Å²) in [6, 6.07) is 13.2. The molecule has 0 saturated carbocycles. The van der Waals surface area contributed by atoms with Crippen molar-refractivity contribution in [2.75, 3.05) is 6.61 Å². The Balaban J connectivity index is 2.04. The van der Waals surface area contributed by atoms with Crippen LogP contribution in [0.2, 0.25) is 0 Å². The highest BCUT2D eigenvalue weighted by Crippen LogP contribution is 2.43. The summed E-state index contributed by atoms with van der Waals surface area (Å²) in [4.78, 5) is 5.13. The van der Waals surface area contributed by atoms with Crippen molar-refractivity contribution >= 4 is 22.7 Å². The summed E-state index contributed by atoms with van der Waals surface area (Å²) in [7, 11) is 0. The highest BCUT2D eigenvalue weighted by molar-refractivity contribution is 7.16. The third-order valence-electron chi connectivity index (χ3n) is 6.28. The van der Waals surface area contributed by atoms with Crippen LogP contribution in [-0.2, 0) is 18.4 Å². The maximum atomic E-state index is 10.3. The minimum absolute atomic E-state index is 0.0193. The van der Waals surface area contributed by atoms with Gasteiger partial charge in [-0.1, -0.05) is 60.8 Å². The van der Waals surface area contributed by atoms with Gasteiger partial charge in [-0.15, -0.1) is 22.7 Å². The lowest BCUT2D eigenvalue weighted by atomic mass is 9.95. The zero-order chi connectivity index (χ0) is 24.0. The first-order valence-corrected chi connectivity index (χ1v) is 14.0. The van der Waals surface area contributed by atoms with Crippen LogP contribution in [0.3, 0.4) is 0 Å². The second-order valence-corrected chi connectivity index (χ2v) is 12.2. The maximum absolute atomic E-state index is 10.3. The quantitative estimate of drug-likeness (QED) is 0.294. The fourth-order valence-electron chi connectivity index (χ4n) is 4.00. The molecule has 1 N–H and O–H groups in total. The number of aryl methyl sites for hydroxylation is 1. The molecule has 33 heavy (non-hydrogen) atoms. The Bertz CT molecular complexity index is 1020. The number of hydrogen-bond acceptors (Lipinski definition) is 4. The predicted molar refractivity (Wildman–Crippen MR) is 146 cm³/mol. The first-order chi connectivity index (χ1) is 15.8. The third-order valence-corrected chi connectivity index (χ3v) is 9.09. The van der Waals surface area contributed by atoms with E-state index in [0.717, 1.165) is 41.9 Å². The van der Waals surface area contributed by atoms with Crippen molar-refractivity contribution in [2.24, 2.45) is 5.92 Å². The summed E-state index contributed by atoms with van der Waals surface area (Å²) in [5, 5.41) is 10.3. The summed E-state index contributed by atoms with van der Waals surface area (Å²) >= 11 is 3.64. The average molecular weight is 485 g/mol. The molecule has 1 atom stereocenters. The molecule has 4 heteroatoms. The molecular weight excluding hydrogens is 444 g/mol. The fraction of sp³-hybridized carbons (Fsp3) is 0.517. The standard InChI is InChI=1S/C29H40O2S2/c1-7-10-11-20(8-2)19-31-25-17-23(26-14-15-28(33-26)29(4,5)6)21(18-30)16-24(25)27-13-12-22(9-3)32-27/h12-17,20,30H,7-11,18-19H2,1-6H3. The summed E-state index contributed by atoms with van der Waals surface area (Å²) in [5.41, 5.74) is 3.27. The number of ether oxygens (including phenoxy) is 1. The van der Waals surface area contributed by atoms with E-state index in [-0.39, 0.29) is 12.0 Å². The van der Waals surface area contributed by atoms with Crippen LogP contribution in [0.1, 0.15) is 82.5 Å². The van der Waals surface area contributed by atoms with Crippen molar-refractivity contribution in [2.45, 2.75) is 85.7 Å². The van der Waals surface area contributed by atoms with Crippen LogP contribution >= 0.6 is 22.7 Å². The highest BCUT2D eigenvalue weighted by atomic mass is 32.1. The van der Waals surface area contributed by atoms with Crippen LogP contribution in [0, 0.1) is 5.92 Å². The lowest BCUT2D eigenvalue weighted by Crippen LogP contribution is -2.12. The second-order valence-electron chi connectivity index (χ2n) is 9.92. The Kier molecular flexibility index (Phi) is 9.20. The number of thiophene rings is 2. The SMILES string of the molecule is CCCCC(CC)COc1cc(-c2ccc(C(C)(C)C)s2)c(CO)cc1-c1ccc(CC)s1. The van der Waals surface area contributed by atoms with Gasteiger partial charge in [-0.05, 0) is 66.1 Å². The van der Waals surface area contributed by atoms with Gasteiger partial charge in [-0.3, -0.25) is 0 Å². The van der Waals surface area contributed by atoms with E-state index in [0.29, 0.717) is 5.92 Å². The van der Waals surface area contributed by atoms with Gasteiger partial charge in [0.2, 0.25) is 0 Å². The predicted octanol–water partition coefficient (Wildman–Crippen LogP) is 9.09.